The Morgan fingerprint density at radius 3 is 2.61 bits per heavy atom. The van der Waals surface area contributed by atoms with Crippen LogP contribution in [-0.2, 0) is 6.42 Å². The molecule has 0 aliphatic carbocycles. The largest absolute Gasteiger partial charge is 0.466 e. The van der Waals surface area contributed by atoms with Crippen LogP contribution < -0.4 is 5.73 Å². The van der Waals surface area contributed by atoms with Crippen LogP contribution in [0.25, 0.3) is 0 Å². The van der Waals surface area contributed by atoms with Crippen LogP contribution in [0.2, 0.25) is 5.02 Å². The Morgan fingerprint density at radius 1 is 1.33 bits per heavy atom. The highest BCUT2D eigenvalue weighted by molar-refractivity contribution is 9.10. The first-order valence-corrected chi connectivity index (χ1v) is 6.91. The Labute approximate surface area is 120 Å². The standard InChI is InChI=1S/C14H15BrClNO/c1-8-5-12(9(2)18-8)14(17)6-10-3-4-11(15)7-13(10)16/h3-5,7,14H,6,17H2,1-2H3. The van der Waals surface area contributed by atoms with Gasteiger partial charge in [0.15, 0.2) is 0 Å². The van der Waals surface area contributed by atoms with Crippen LogP contribution >= 0.6 is 27.5 Å². The highest BCUT2D eigenvalue weighted by Gasteiger charge is 2.15. The molecule has 4 heteroatoms. The number of aryl methyl sites for hydroxylation is 2. The van der Waals surface area contributed by atoms with E-state index in [9.17, 15) is 0 Å². The maximum Gasteiger partial charge on any atom is 0.105 e. The summed E-state index contributed by atoms with van der Waals surface area (Å²) >= 11 is 9.59. The van der Waals surface area contributed by atoms with Gasteiger partial charge in [0.1, 0.15) is 11.5 Å². The summed E-state index contributed by atoms with van der Waals surface area (Å²) in [6.45, 7) is 3.86. The second-order valence-corrected chi connectivity index (χ2v) is 5.74. The van der Waals surface area contributed by atoms with Gasteiger partial charge in [0.25, 0.3) is 0 Å². The lowest BCUT2D eigenvalue weighted by atomic mass is 10.00. The summed E-state index contributed by atoms with van der Waals surface area (Å²) in [4.78, 5) is 0. The van der Waals surface area contributed by atoms with E-state index in [1.165, 1.54) is 0 Å². The van der Waals surface area contributed by atoms with E-state index in [4.69, 9.17) is 21.8 Å². The first kappa shape index (κ1) is 13.7. The van der Waals surface area contributed by atoms with Crippen molar-refractivity contribution in [3.05, 3.63) is 56.4 Å². The summed E-state index contributed by atoms with van der Waals surface area (Å²) in [5.41, 5.74) is 8.31. The summed E-state index contributed by atoms with van der Waals surface area (Å²) in [5, 5.41) is 0.734. The summed E-state index contributed by atoms with van der Waals surface area (Å²) in [5.74, 6) is 1.77. The van der Waals surface area contributed by atoms with E-state index < -0.39 is 0 Å². The second-order valence-electron chi connectivity index (χ2n) is 4.41. The predicted octanol–water partition coefficient (Wildman–Crippen LogP) is 4.55. The zero-order valence-corrected chi connectivity index (χ0v) is 12.7. The van der Waals surface area contributed by atoms with Gasteiger partial charge in [0.2, 0.25) is 0 Å². The smallest absolute Gasteiger partial charge is 0.105 e. The summed E-state index contributed by atoms with van der Waals surface area (Å²) in [6, 6.07) is 7.75. The SMILES string of the molecule is Cc1cc(C(N)Cc2ccc(Br)cc2Cl)c(C)o1. The molecule has 1 aromatic heterocycles. The molecular weight excluding hydrogens is 314 g/mol. The normalized spacial score (nSPS) is 12.7. The van der Waals surface area contributed by atoms with Gasteiger partial charge in [-0.3, -0.25) is 0 Å². The van der Waals surface area contributed by atoms with Crippen LogP contribution in [0.5, 0.6) is 0 Å². The fraction of sp³-hybridized carbons (Fsp3) is 0.286. The monoisotopic (exact) mass is 327 g/mol. The van der Waals surface area contributed by atoms with E-state index in [0.29, 0.717) is 6.42 Å². The van der Waals surface area contributed by atoms with Crippen molar-refractivity contribution in [2.24, 2.45) is 5.73 Å². The van der Waals surface area contributed by atoms with Crippen molar-refractivity contribution in [2.75, 3.05) is 0 Å². The molecule has 0 saturated heterocycles. The average Bonchev–Trinajstić information content (AvgIpc) is 2.62. The molecule has 0 saturated carbocycles. The number of nitrogens with two attached hydrogens (primary N) is 1. The molecule has 2 nitrogen and oxygen atoms in total. The van der Waals surface area contributed by atoms with Crippen LogP contribution in [-0.4, -0.2) is 0 Å². The molecule has 1 atom stereocenters. The van der Waals surface area contributed by atoms with Gasteiger partial charge in [-0.1, -0.05) is 33.6 Å². The third-order valence-corrected chi connectivity index (χ3v) is 3.78. The van der Waals surface area contributed by atoms with Gasteiger partial charge in [-0.25, -0.2) is 0 Å². The summed E-state index contributed by atoms with van der Waals surface area (Å²) in [7, 11) is 0. The Morgan fingerprint density at radius 2 is 2.06 bits per heavy atom. The molecule has 2 aromatic rings. The van der Waals surface area contributed by atoms with Crippen molar-refractivity contribution in [2.45, 2.75) is 26.3 Å². The third kappa shape index (κ3) is 2.97. The van der Waals surface area contributed by atoms with Crippen LogP contribution in [0.15, 0.2) is 33.2 Å². The number of benzene rings is 1. The molecule has 2 rings (SSSR count). The van der Waals surface area contributed by atoms with Crippen molar-refractivity contribution >= 4 is 27.5 Å². The Hall–Kier alpha value is -0.770. The highest BCUT2D eigenvalue weighted by Crippen LogP contribution is 2.27. The van der Waals surface area contributed by atoms with Crippen molar-refractivity contribution < 1.29 is 4.42 Å². The topological polar surface area (TPSA) is 39.2 Å². The van der Waals surface area contributed by atoms with Gasteiger partial charge < -0.3 is 10.2 Å². The maximum atomic E-state index is 6.22. The van der Waals surface area contributed by atoms with E-state index in [0.717, 1.165) is 32.1 Å². The predicted molar refractivity (Wildman–Crippen MR) is 78.0 cm³/mol. The van der Waals surface area contributed by atoms with Gasteiger partial charge in [-0.2, -0.15) is 0 Å². The highest BCUT2D eigenvalue weighted by atomic mass is 79.9. The number of hydrogen-bond acceptors (Lipinski definition) is 2. The lowest BCUT2D eigenvalue weighted by Gasteiger charge is -2.12. The minimum absolute atomic E-state index is 0.0962. The average molecular weight is 329 g/mol. The van der Waals surface area contributed by atoms with Gasteiger partial charge in [0.05, 0.1) is 0 Å². The number of rotatable bonds is 3. The molecule has 0 radical (unpaired) electrons. The quantitative estimate of drug-likeness (QED) is 0.897. The molecule has 2 N–H and O–H groups in total. The van der Waals surface area contributed by atoms with E-state index in [1.54, 1.807) is 0 Å². The summed E-state index contributed by atoms with van der Waals surface area (Å²) < 4.78 is 6.47. The van der Waals surface area contributed by atoms with E-state index in [1.807, 2.05) is 38.1 Å². The van der Waals surface area contributed by atoms with Crippen molar-refractivity contribution in [3.63, 3.8) is 0 Å². The maximum absolute atomic E-state index is 6.22. The molecule has 1 unspecified atom stereocenters. The number of halogens is 2. The van der Waals surface area contributed by atoms with Gasteiger partial charge in [-0.15, -0.1) is 0 Å². The third-order valence-electron chi connectivity index (χ3n) is 2.93. The molecular formula is C14H15BrClNO. The minimum atomic E-state index is -0.0962. The number of furan rings is 1. The fourth-order valence-corrected chi connectivity index (χ4v) is 2.80. The van der Waals surface area contributed by atoms with E-state index in [2.05, 4.69) is 15.9 Å². The lowest BCUT2D eigenvalue weighted by Crippen LogP contribution is -2.13. The van der Waals surface area contributed by atoms with Crippen LogP contribution in [0, 0.1) is 13.8 Å². The molecule has 1 aromatic carbocycles. The van der Waals surface area contributed by atoms with Crippen LogP contribution in [0.3, 0.4) is 0 Å². The van der Waals surface area contributed by atoms with E-state index in [-0.39, 0.29) is 6.04 Å². The number of hydrogen-bond donors (Lipinski definition) is 1. The first-order valence-electron chi connectivity index (χ1n) is 5.74. The van der Waals surface area contributed by atoms with E-state index >= 15 is 0 Å². The molecule has 0 bridgehead atoms. The summed E-state index contributed by atoms with van der Waals surface area (Å²) in [6.07, 6.45) is 0.700. The molecule has 0 fully saturated rings. The molecule has 1 heterocycles. The van der Waals surface area contributed by atoms with Crippen molar-refractivity contribution in [3.8, 4) is 0 Å². The fourth-order valence-electron chi connectivity index (χ4n) is 2.05. The second kappa shape index (κ2) is 5.47. The molecule has 96 valence electrons. The molecule has 0 amide bonds. The van der Waals surface area contributed by atoms with Crippen LogP contribution in [0.1, 0.15) is 28.7 Å². The minimum Gasteiger partial charge on any atom is -0.466 e. The van der Waals surface area contributed by atoms with Gasteiger partial charge >= 0.3 is 0 Å². The molecule has 0 spiro atoms. The van der Waals surface area contributed by atoms with Crippen molar-refractivity contribution in [1.82, 2.24) is 0 Å². The molecule has 0 aliphatic rings. The Balaban J connectivity index is 2.21. The lowest BCUT2D eigenvalue weighted by molar-refractivity contribution is 0.497. The zero-order chi connectivity index (χ0) is 13.3. The van der Waals surface area contributed by atoms with Gasteiger partial charge in [0, 0.05) is 21.1 Å². The Kier molecular flexibility index (Phi) is 4.15. The Bertz CT molecular complexity index is 565. The molecule has 0 aliphatic heterocycles. The van der Waals surface area contributed by atoms with Crippen LogP contribution in [0.4, 0.5) is 0 Å². The molecule has 18 heavy (non-hydrogen) atoms. The zero-order valence-electron chi connectivity index (χ0n) is 10.3. The van der Waals surface area contributed by atoms with Crippen molar-refractivity contribution in [1.29, 1.82) is 0 Å². The van der Waals surface area contributed by atoms with Gasteiger partial charge in [-0.05, 0) is 44.0 Å². The first-order chi connectivity index (χ1) is 8.47.